The molecule has 9 heteroatoms. The molecule has 0 radical (unpaired) electrons. The van der Waals surface area contributed by atoms with Gasteiger partial charge in [-0.2, -0.15) is 10.2 Å². The predicted octanol–water partition coefficient (Wildman–Crippen LogP) is 1.06. The Morgan fingerprint density at radius 1 is 1.27 bits per heavy atom. The molecule has 1 fully saturated rings. The molecular weight excluding hydrogens is 332 g/mol. The highest BCUT2D eigenvalue weighted by atomic mass is 16.1. The summed E-state index contributed by atoms with van der Waals surface area (Å²) in [5.41, 5.74) is 0.435. The maximum absolute atomic E-state index is 11.7. The van der Waals surface area contributed by atoms with Crippen molar-refractivity contribution in [2.24, 2.45) is 0 Å². The number of anilines is 1. The fourth-order valence-electron chi connectivity index (χ4n) is 3.18. The number of aromatic nitrogens is 6. The second-order valence-electron chi connectivity index (χ2n) is 6.19. The van der Waals surface area contributed by atoms with Gasteiger partial charge in [0.25, 0.3) is 5.91 Å². The van der Waals surface area contributed by atoms with Crippen LogP contribution >= 0.6 is 0 Å². The molecule has 0 spiro atoms. The van der Waals surface area contributed by atoms with Crippen LogP contribution in [0.1, 0.15) is 29.4 Å². The number of amides is 1. The van der Waals surface area contributed by atoms with Gasteiger partial charge < -0.3 is 10.2 Å². The van der Waals surface area contributed by atoms with E-state index in [9.17, 15) is 4.79 Å². The maximum atomic E-state index is 11.7. The van der Waals surface area contributed by atoms with Crippen LogP contribution in [0.2, 0.25) is 0 Å². The molecule has 1 saturated heterocycles. The standard InChI is InChI=1S/C17H20N8O/c1-18-17(26)14-5-9-24(22-14)13-4-2-7-23(12-13)15-10-19-11-16(21-15)25-8-3-6-20-25/h3,5-6,8-11,13H,2,4,7,12H2,1H3,(H,18,26). The number of rotatable bonds is 4. The summed E-state index contributed by atoms with van der Waals surface area (Å²) in [5, 5.41) is 11.2. The molecule has 26 heavy (non-hydrogen) atoms. The smallest absolute Gasteiger partial charge is 0.271 e. The molecule has 134 valence electrons. The Morgan fingerprint density at radius 2 is 2.15 bits per heavy atom. The highest BCUT2D eigenvalue weighted by molar-refractivity contribution is 5.91. The van der Waals surface area contributed by atoms with Gasteiger partial charge in [-0.05, 0) is 25.0 Å². The van der Waals surface area contributed by atoms with Gasteiger partial charge in [0, 0.05) is 38.7 Å². The second-order valence-corrected chi connectivity index (χ2v) is 6.19. The number of nitrogens with zero attached hydrogens (tertiary/aromatic N) is 7. The molecule has 1 aliphatic heterocycles. The van der Waals surface area contributed by atoms with Crippen LogP contribution in [0.3, 0.4) is 0 Å². The van der Waals surface area contributed by atoms with Gasteiger partial charge in [0.1, 0.15) is 11.5 Å². The molecular formula is C17H20N8O. The van der Waals surface area contributed by atoms with Crippen molar-refractivity contribution in [2.45, 2.75) is 18.9 Å². The van der Waals surface area contributed by atoms with Crippen molar-refractivity contribution in [3.8, 4) is 5.82 Å². The van der Waals surface area contributed by atoms with Crippen molar-refractivity contribution < 1.29 is 4.79 Å². The molecule has 1 N–H and O–H groups in total. The van der Waals surface area contributed by atoms with Crippen LogP contribution in [0.5, 0.6) is 0 Å². The highest BCUT2D eigenvalue weighted by Crippen LogP contribution is 2.25. The predicted molar refractivity (Wildman–Crippen MR) is 95.3 cm³/mol. The Kier molecular flexibility index (Phi) is 4.34. The number of carbonyl (C=O) groups excluding carboxylic acids is 1. The minimum Gasteiger partial charge on any atom is -0.354 e. The summed E-state index contributed by atoms with van der Waals surface area (Å²) in [6.45, 7) is 1.68. The molecule has 0 bridgehead atoms. The van der Waals surface area contributed by atoms with Gasteiger partial charge in [-0.15, -0.1) is 0 Å². The van der Waals surface area contributed by atoms with Gasteiger partial charge in [-0.3, -0.25) is 14.5 Å². The fraction of sp³-hybridized carbons (Fsp3) is 0.353. The summed E-state index contributed by atoms with van der Waals surface area (Å²) < 4.78 is 3.57. The summed E-state index contributed by atoms with van der Waals surface area (Å²) in [6, 6.07) is 3.79. The second kappa shape index (κ2) is 6.95. The highest BCUT2D eigenvalue weighted by Gasteiger charge is 2.24. The number of carbonyl (C=O) groups is 1. The van der Waals surface area contributed by atoms with Crippen molar-refractivity contribution in [1.82, 2.24) is 34.8 Å². The van der Waals surface area contributed by atoms with Crippen molar-refractivity contribution in [2.75, 3.05) is 25.0 Å². The molecule has 0 aliphatic carbocycles. The zero-order chi connectivity index (χ0) is 17.9. The number of hydrogen-bond donors (Lipinski definition) is 1. The molecule has 1 atom stereocenters. The van der Waals surface area contributed by atoms with Gasteiger partial charge in [-0.25, -0.2) is 9.67 Å². The third kappa shape index (κ3) is 3.15. The molecule has 3 aromatic heterocycles. The lowest BCUT2D eigenvalue weighted by Crippen LogP contribution is -2.37. The minimum atomic E-state index is -0.172. The normalized spacial score (nSPS) is 17.3. The van der Waals surface area contributed by atoms with Crippen molar-refractivity contribution in [3.05, 3.63) is 48.8 Å². The third-order valence-corrected chi connectivity index (χ3v) is 4.51. The van der Waals surface area contributed by atoms with Gasteiger partial charge in [0.05, 0.1) is 18.4 Å². The van der Waals surface area contributed by atoms with E-state index in [0.29, 0.717) is 11.5 Å². The van der Waals surface area contributed by atoms with Crippen molar-refractivity contribution in [1.29, 1.82) is 0 Å². The average Bonchev–Trinajstić information content (AvgIpc) is 3.40. The Bertz CT molecular complexity index is 888. The van der Waals surface area contributed by atoms with Crippen LogP contribution in [0.15, 0.2) is 43.1 Å². The van der Waals surface area contributed by atoms with Crippen LogP contribution in [0.25, 0.3) is 5.82 Å². The van der Waals surface area contributed by atoms with Crippen LogP contribution in [0, 0.1) is 0 Å². The Hall–Kier alpha value is -3.23. The summed E-state index contributed by atoms with van der Waals surface area (Å²) in [5.74, 6) is 1.34. The van der Waals surface area contributed by atoms with E-state index in [1.54, 1.807) is 36.4 Å². The Balaban J connectivity index is 1.53. The van der Waals surface area contributed by atoms with E-state index in [-0.39, 0.29) is 11.9 Å². The largest absolute Gasteiger partial charge is 0.354 e. The van der Waals surface area contributed by atoms with Crippen LogP contribution in [0.4, 0.5) is 5.82 Å². The lowest BCUT2D eigenvalue weighted by molar-refractivity contribution is 0.0957. The van der Waals surface area contributed by atoms with Crippen LogP contribution in [-0.4, -0.2) is 55.6 Å². The summed E-state index contributed by atoms with van der Waals surface area (Å²) in [6.07, 6.45) is 10.9. The molecule has 4 heterocycles. The number of piperidine rings is 1. The molecule has 0 saturated carbocycles. The van der Waals surface area contributed by atoms with E-state index in [1.807, 2.05) is 23.1 Å². The van der Waals surface area contributed by atoms with Crippen LogP contribution < -0.4 is 10.2 Å². The lowest BCUT2D eigenvalue weighted by Gasteiger charge is -2.33. The van der Waals surface area contributed by atoms with Crippen molar-refractivity contribution in [3.63, 3.8) is 0 Å². The van der Waals surface area contributed by atoms with E-state index in [4.69, 9.17) is 0 Å². The first kappa shape index (κ1) is 16.2. The Morgan fingerprint density at radius 3 is 2.96 bits per heavy atom. The Labute approximate surface area is 150 Å². The molecule has 1 aliphatic rings. The van der Waals surface area contributed by atoms with E-state index >= 15 is 0 Å². The first-order valence-electron chi connectivity index (χ1n) is 8.59. The third-order valence-electron chi connectivity index (χ3n) is 4.51. The first-order valence-corrected chi connectivity index (χ1v) is 8.59. The molecule has 4 rings (SSSR count). The average molecular weight is 352 g/mol. The van der Waals surface area contributed by atoms with Gasteiger partial charge >= 0.3 is 0 Å². The SMILES string of the molecule is CNC(=O)c1ccn(C2CCCN(c3cncc(-n4cccn4)n3)C2)n1. The summed E-state index contributed by atoms with van der Waals surface area (Å²) in [7, 11) is 1.61. The van der Waals surface area contributed by atoms with E-state index in [1.165, 1.54) is 0 Å². The van der Waals surface area contributed by atoms with E-state index < -0.39 is 0 Å². The molecule has 0 aromatic carbocycles. The zero-order valence-corrected chi connectivity index (χ0v) is 14.5. The van der Waals surface area contributed by atoms with E-state index in [2.05, 4.69) is 30.4 Å². The fourth-order valence-corrected chi connectivity index (χ4v) is 3.18. The topological polar surface area (TPSA) is 93.8 Å². The zero-order valence-electron chi connectivity index (χ0n) is 14.5. The lowest BCUT2D eigenvalue weighted by atomic mass is 10.1. The molecule has 1 amide bonds. The molecule has 3 aromatic rings. The number of nitrogens with one attached hydrogen (secondary N) is 1. The maximum Gasteiger partial charge on any atom is 0.271 e. The summed E-state index contributed by atoms with van der Waals surface area (Å²) >= 11 is 0. The van der Waals surface area contributed by atoms with E-state index in [0.717, 1.165) is 31.7 Å². The van der Waals surface area contributed by atoms with Gasteiger partial charge in [0.2, 0.25) is 0 Å². The van der Waals surface area contributed by atoms with Crippen LogP contribution in [-0.2, 0) is 0 Å². The quantitative estimate of drug-likeness (QED) is 0.755. The first-order chi connectivity index (χ1) is 12.7. The minimum absolute atomic E-state index is 0.172. The number of hydrogen-bond acceptors (Lipinski definition) is 6. The molecule has 1 unspecified atom stereocenters. The summed E-state index contributed by atoms with van der Waals surface area (Å²) in [4.78, 5) is 22.9. The monoisotopic (exact) mass is 352 g/mol. The van der Waals surface area contributed by atoms with Crippen molar-refractivity contribution >= 4 is 11.7 Å². The molecule has 9 nitrogen and oxygen atoms in total. The van der Waals surface area contributed by atoms with Gasteiger partial charge in [-0.1, -0.05) is 0 Å². The van der Waals surface area contributed by atoms with Gasteiger partial charge in [0.15, 0.2) is 5.82 Å².